The molecule has 1 aromatic rings. The van der Waals surface area contributed by atoms with E-state index in [1.165, 1.54) is 6.07 Å². The van der Waals surface area contributed by atoms with Crippen LogP contribution in [0.5, 0.6) is 11.5 Å². The van der Waals surface area contributed by atoms with Gasteiger partial charge in [0.2, 0.25) is 0 Å². The number of alkyl halides is 2. The molecular weight excluding hydrogens is 268 g/mol. The van der Waals surface area contributed by atoms with Gasteiger partial charge in [-0.05, 0) is 29.7 Å². The van der Waals surface area contributed by atoms with E-state index in [9.17, 15) is 8.78 Å². The molecule has 106 valence electrons. The second-order valence-electron chi connectivity index (χ2n) is 5.23. The molecule has 2 bridgehead atoms. The zero-order valence-corrected chi connectivity index (χ0v) is 10.6. The van der Waals surface area contributed by atoms with Crippen LogP contribution in [0, 0.1) is 0 Å². The van der Waals surface area contributed by atoms with Crippen LogP contribution in [0.15, 0.2) is 24.3 Å². The Labute approximate surface area is 114 Å². The summed E-state index contributed by atoms with van der Waals surface area (Å²) in [6.45, 7) is 1.32. The molecule has 0 amide bonds. The largest absolute Gasteiger partial charge is 0.586 e. The summed E-state index contributed by atoms with van der Waals surface area (Å²) in [7, 11) is 0. The van der Waals surface area contributed by atoms with E-state index in [1.807, 2.05) is 0 Å². The summed E-state index contributed by atoms with van der Waals surface area (Å²) in [5.74, 6) is 0.171. The Morgan fingerprint density at radius 3 is 2.85 bits per heavy atom. The third kappa shape index (κ3) is 2.05. The summed E-state index contributed by atoms with van der Waals surface area (Å²) in [5.41, 5.74) is 2.02. The van der Waals surface area contributed by atoms with Crippen molar-refractivity contribution in [2.24, 2.45) is 0 Å². The average Bonchev–Trinajstić information content (AvgIpc) is 2.70. The van der Waals surface area contributed by atoms with Crippen molar-refractivity contribution in [3.8, 4) is 11.5 Å². The van der Waals surface area contributed by atoms with E-state index in [0.717, 1.165) is 17.6 Å². The molecule has 1 aromatic carbocycles. The van der Waals surface area contributed by atoms with Gasteiger partial charge in [0.25, 0.3) is 0 Å². The molecule has 1 saturated heterocycles. The first kappa shape index (κ1) is 12.1. The predicted octanol–water partition coefficient (Wildman–Crippen LogP) is 2.15. The van der Waals surface area contributed by atoms with Gasteiger partial charge < -0.3 is 19.5 Å². The van der Waals surface area contributed by atoms with E-state index >= 15 is 0 Å². The van der Waals surface area contributed by atoms with Gasteiger partial charge in [-0.1, -0.05) is 12.1 Å². The lowest BCUT2D eigenvalue weighted by molar-refractivity contribution is -0.286. The van der Waals surface area contributed by atoms with Crippen molar-refractivity contribution in [2.75, 3.05) is 13.2 Å². The minimum Gasteiger partial charge on any atom is -0.395 e. The Morgan fingerprint density at radius 2 is 2.00 bits per heavy atom. The van der Waals surface area contributed by atoms with Gasteiger partial charge in [-0.15, -0.1) is 8.78 Å². The van der Waals surface area contributed by atoms with Gasteiger partial charge in [-0.2, -0.15) is 0 Å². The molecule has 2 unspecified atom stereocenters. The number of rotatable bonds is 1. The minimum atomic E-state index is -3.56. The van der Waals surface area contributed by atoms with Gasteiger partial charge in [0.05, 0.1) is 13.2 Å². The van der Waals surface area contributed by atoms with Crippen LogP contribution in [0.3, 0.4) is 0 Å². The number of halogens is 2. The quantitative estimate of drug-likeness (QED) is 0.856. The fraction of sp³-hybridized carbons (Fsp3) is 0.429. The Hall–Kier alpha value is -1.66. The number of nitrogens with one attached hydrogen (secondary N) is 1. The van der Waals surface area contributed by atoms with Crippen molar-refractivity contribution in [1.29, 1.82) is 0 Å². The summed E-state index contributed by atoms with van der Waals surface area (Å²) in [6, 6.07) is 5.40. The Kier molecular flexibility index (Phi) is 2.52. The van der Waals surface area contributed by atoms with Crippen molar-refractivity contribution in [1.82, 2.24) is 5.32 Å². The molecule has 1 N–H and O–H groups in total. The number of hydrogen-bond donors (Lipinski definition) is 1. The first-order valence-electron chi connectivity index (χ1n) is 6.54. The van der Waals surface area contributed by atoms with Gasteiger partial charge in [0, 0.05) is 12.1 Å². The summed E-state index contributed by atoms with van der Waals surface area (Å²) >= 11 is 0. The van der Waals surface area contributed by atoms with E-state index < -0.39 is 6.29 Å². The number of hydrogen-bond acceptors (Lipinski definition) is 4. The highest BCUT2D eigenvalue weighted by molar-refractivity contribution is 5.70. The molecule has 20 heavy (non-hydrogen) atoms. The van der Waals surface area contributed by atoms with Crippen LogP contribution in [-0.4, -0.2) is 31.6 Å². The molecular formula is C14H13F2NO3. The smallest absolute Gasteiger partial charge is 0.395 e. The second-order valence-corrected chi connectivity index (χ2v) is 5.23. The van der Waals surface area contributed by atoms with Crippen molar-refractivity contribution in [3.05, 3.63) is 29.8 Å². The highest BCUT2D eigenvalue weighted by Crippen LogP contribution is 2.42. The summed E-state index contributed by atoms with van der Waals surface area (Å²) in [6.07, 6.45) is -0.661. The van der Waals surface area contributed by atoms with E-state index in [4.69, 9.17) is 4.74 Å². The standard InChI is InChI=1S/C14H13F2NO3/c15-14(16)19-12-2-1-8(5-13(12)20-14)9-3-10-6-18-7-11(4-9)17-10/h1-3,5,10-11,17H,4,6-7H2. The third-order valence-corrected chi connectivity index (χ3v) is 3.71. The van der Waals surface area contributed by atoms with Crippen LogP contribution in [0.4, 0.5) is 8.78 Å². The maximum Gasteiger partial charge on any atom is 0.586 e. The number of benzene rings is 1. The summed E-state index contributed by atoms with van der Waals surface area (Å²) in [5, 5.41) is 3.44. The molecule has 4 nitrogen and oxygen atoms in total. The van der Waals surface area contributed by atoms with E-state index in [0.29, 0.717) is 13.2 Å². The van der Waals surface area contributed by atoms with Gasteiger partial charge >= 0.3 is 6.29 Å². The minimum absolute atomic E-state index is 0.0804. The van der Waals surface area contributed by atoms with Crippen molar-refractivity contribution in [3.63, 3.8) is 0 Å². The Balaban J connectivity index is 1.66. The zero-order valence-electron chi connectivity index (χ0n) is 10.6. The number of morpholine rings is 1. The lowest BCUT2D eigenvalue weighted by Gasteiger charge is -2.35. The molecule has 0 spiro atoms. The second kappa shape index (κ2) is 4.17. The maximum atomic E-state index is 13.0. The van der Waals surface area contributed by atoms with Crippen LogP contribution >= 0.6 is 0 Å². The topological polar surface area (TPSA) is 39.7 Å². The lowest BCUT2D eigenvalue weighted by atomic mass is 9.91. The van der Waals surface area contributed by atoms with Crippen molar-refractivity contribution < 1.29 is 23.0 Å². The average molecular weight is 281 g/mol. The molecule has 0 aliphatic carbocycles. The molecule has 3 heterocycles. The molecule has 4 rings (SSSR count). The van der Waals surface area contributed by atoms with Crippen LogP contribution in [0.1, 0.15) is 12.0 Å². The highest BCUT2D eigenvalue weighted by Gasteiger charge is 2.43. The number of ether oxygens (including phenoxy) is 3. The van der Waals surface area contributed by atoms with Crippen LogP contribution in [-0.2, 0) is 4.74 Å². The van der Waals surface area contributed by atoms with Crippen molar-refractivity contribution >= 4 is 5.57 Å². The highest BCUT2D eigenvalue weighted by atomic mass is 19.3. The van der Waals surface area contributed by atoms with Crippen molar-refractivity contribution in [2.45, 2.75) is 24.8 Å². The number of fused-ring (bicyclic) bond motifs is 3. The van der Waals surface area contributed by atoms with Crippen LogP contribution in [0.25, 0.3) is 5.57 Å². The first-order valence-corrected chi connectivity index (χ1v) is 6.54. The van der Waals surface area contributed by atoms with Gasteiger partial charge in [-0.3, -0.25) is 0 Å². The van der Waals surface area contributed by atoms with Gasteiger partial charge in [0.15, 0.2) is 11.5 Å². The molecule has 3 aliphatic rings. The molecule has 6 heteroatoms. The SMILES string of the molecule is FC1(F)Oc2ccc(C3=CC4COCC(C3)N4)cc2O1. The fourth-order valence-corrected chi connectivity index (χ4v) is 2.89. The fourth-order valence-electron chi connectivity index (χ4n) is 2.89. The lowest BCUT2D eigenvalue weighted by Crippen LogP contribution is -2.50. The van der Waals surface area contributed by atoms with Crippen LogP contribution in [0.2, 0.25) is 0 Å². The van der Waals surface area contributed by atoms with E-state index in [-0.39, 0.29) is 23.6 Å². The maximum absolute atomic E-state index is 13.0. The van der Waals surface area contributed by atoms with E-state index in [2.05, 4.69) is 20.9 Å². The van der Waals surface area contributed by atoms with Gasteiger partial charge in [-0.25, -0.2) is 0 Å². The molecule has 0 aromatic heterocycles. The third-order valence-electron chi connectivity index (χ3n) is 3.71. The molecule has 2 atom stereocenters. The summed E-state index contributed by atoms with van der Waals surface area (Å²) < 4.78 is 40.4. The van der Waals surface area contributed by atoms with E-state index in [1.54, 1.807) is 12.1 Å². The molecule has 1 fully saturated rings. The predicted molar refractivity (Wildman–Crippen MR) is 66.8 cm³/mol. The zero-order chi connectivity index (χ0) is 13.7. The van der Waals surface area contributed by atoms with Crippen LogP contribution < -0.4 is 14.8 Å². The molecule has 0 radical (unpaired) electrons. The monoisotopic (exact) mass is 281 g/mol. The Morgan fingerprint density at radius 1 is 1.15 bits per heavy atom. The Bertz CT molecular complexity index is 588. The first-order chi connectivity index (χ1) is 9.59. The normalized spacial score (nSPS) is 30.0. The molecule has 3 aliphatic heterocycles. The summed E-state index contributed by atoms with van der Waals surface area (Å²) in [4.78, 5) is 0. The molecule has 0 saturated carbocycles. The van der Waals surface area contributed by atoms with Gasteiger partial charge in [0.1, 0.15) is 0 Å².